The Balaban J connectivity index is 2.32. The Morgan fingerprint density at radius 2 is 2.06 bits per heavy atom. The third-order valence-electron chi connectivity index (χ3n) is 3.24. The Morgan fingerprint density at radius 3 is 2.72 bits per heavy atom. The molecule has 0 aliphatic carbocycles. The summed E-state index contributed by atoms with van der Waals surface area (Å²) in [6.07, 6.45) is 2.02. The molecule has 1 atom stereocenters. The first kappa shape index (κ1) is 13.2. The fourth-order valence-electron chi connectivity index (χ4n) is 1.97. The number of nitrogens with two attached hydrogens (primary N) is 1. The summed E-state index contributed by atoms with van der Waals surface area (Å²) in [5.41, 5.74) is 11.1. The Morgan fingerprint density at radius 1 is 1.28 bits per heavy atom. The quantitative estimate of drug-likeness (QED) is 0.919. The van der Waals surface area contributed by atoms with Crippen molar-refractivity contribution in [2.75, 3.05) is 0 Å². The van der Waals surface area contributed by atoms with Gasteiger partial charge in [-0.05, 0) is 48.5 Å². The topological polar surface area (TPSA) is 51.8 Å². The molecule has 96 valence electrons. The van der Waals surface area contributed by atoms with Crippen molar-refractivity contribution in [2.45, 2.75) is 39.7 Å². The van der Waals surface area contributed by atoms with Crippen LogP contribution in [0.5, 0.6) is 0 Å². The smallest absolute Gasteiger partial charge is 0.0807 e. The van der Waals surface area contributed by atoms with E-state index in [9.17, 15) is 0 Å². The van der Waals surface area contributed by atoms with Gasteiger partial charge in [-0.15, -0.1) is 5.10 Å². The van der Waals surface area contributed by atoms with Crippen LogP contribution in [0.15, 0.2) is 18.2 Å². The van der Waals surface area contributed by atoms with E-state index < -0.39 is 0 Å². The first-order chi connectivity index (χ1) is 8.63. The van der Waals surface area contributed by atoms with Gasteiger partial charge in [0.15, 0.2) is 0 Å². The van der Waals surface area contributed by atoms with Gasteiger partial charge in [-0.2, -0.15) is 0 Å². The highest BCUT2D eigenvalue weighted by Crippen LogP contribution is 2.26. The minimum absolute atomic E-state index is 0.106. The van der Waals surface area contributed by atoms with E-state index >= 15 is 0 Å². The normalized spacial score (nSPS) is 12.7. The summed E-state index contributed by atoms with van der Waals surface area (Å²) in [7, 11) is 0. The van der Waals surface area contributed by atoms with Crippen molar-refractivity contribution < 1.29 is 0 Å². The van der Waals surface area contributed by atoms with E-state index in [4.69, 9.17) is 5.73 Å². The highest BCUT2D eigenvalue weighted by atomic mass is 32.1. The zero-order valence-electron chi connectivity index (χ0n) is 11.1. The van der Waals surface area contributed by atoms with Crippen LogP contribution in [0.1, 0.15) is 46.6 Å². The number of nitrogens with zero attached hydrogens (tertiary/aromatic N) is 2. The van der Waals surface area contributed by atoms with Gasteiger partial charge in [0.1, 0.15) is 0 Å². The van der Waals surface area contributed by atoms with Crippen LogP contribution in [0.4, 0.5) is 0 Å². The summed E-state index contributed by atoms with van der Waals surface area (Å²) in [4.78, 5) is 1.10. The average molecular weight is 261 g/mol. The molecule has 2 N–H and O–H groups in total. The van der Waals surface area contributed by atoms with Gasteiger partial charge in [-0.1, -0.05) is 36.0 Å². The maximum Gasteiger partial charge on any atom is 0.0807 e. The van der Waals surface area contributed by atoms with E-state index in [2.05, 4.69) is 48.6 Å². The number of aryl methyl sites for hydroxylation is 3. The fraction of sp³-hybridized carbons (Fsp3) is 0.429. The molecule has 4 heteroatoms. The average Bonchev–Trinajstić information content (AvgIpc) is 2.80. The molecule has 0 spiro atoms. The van der Waals surface area contributed by atoms with Crippen LogP contribution in [0.2, 0.25) is 0 Å². The Labute approximate surface area is 112 Å². The van der Waals surface area contributed by atoms with Crippen molar-refractivity contribution in [3.8, 4) is 0 Å². The first-order valence-corrected chi connectivity index (χ1v) is 7.04. The first-order valence-electron chi connectivity index (χ1n) is 6.27. The third kappa shape index (κ3) is 2.60. The van der Waals surface area contributed by atoms with Crippen LogP contribution in [0.3, 0.4) is 0 Å². The zero-order valence-corrected chi connectivity index (χ0v) is 11.9. The van der Waals surface area contributed by atoms with E-state index in [1.54, 1.807) is 0 Å². The molecule has 18 heavy (non-hydrogen) atoms. The van der Waals surface area contributed by atoms with Crippen LogP contribution >= 0.6 is 11.5 Å². The van der Waals surface area contributed by atoms with Crippen molar-refractivity contribution in [1.82, 2.24) is 9.59 Å². The molecule has 0 amide bonds. The maximum absolute atomic E-state index is 6.34. The lowest BCUT2D eigenvalue weighted by atomic mass is 9.99. The van der Waals surface area contributed by atoms with Gasteiger partial charge in [-0.3, -0.25) is 0 Å². The van der Waals surface area contributed by atoms with Crippen molar-refractivity contribution in [2.24, 2.45) is 5.73 Å². The molecule has 1 unspecified atom stereocenters. The minimum Gasteiger partial charge on any atom is -0.320 e. The summed E-state index contributed by atoms with van der Waals surface area (Å²) < 4.78 is 4.04. The van der Waals surface area contributed by atoms with E-state index in [-0.39, 0.29) is 6.04 Å². The predicted octanol–water partition coefficient (Wildman–Crippen LogP) is 3.16. The second kappa shape index (κ2) is 5.59. The van der Waals surface area contributed by atoms with Gasteiger partial charge in [0.05, 0.1) is 16.6 Å². The molecule has 2 aromatic rings. The van der Waals surface area contributed by atoms with Gasteiger partial charge < -0.3 is 5.73 Å². The molecule has 0 saturated carbocycles. The summed E-state index contributed by atoms with van der Waals surface area (Å²) in [5.74, 6) is 0. The van der Waals surface area contributed by atoms with Crippen molar-refractivity contribution >= 4 is 11.5 Å². The fourth-order valence-corrected chi connectivity index (χ4v) is 2.70. The highest BCUT2D eigenvalue weighted by molar-refractivity contribution is 7.05. The lowest BCUT2D eigenvalue weighted by Gasteiger charge is -2.12. The van der Waals surface area contributed by atoms with Crippen molar-refractivity contribution in [1.29, 1.82) is 0 Å². The van der Waals surface area contributed by atoms with E-state index in [0.29, 0.717) is 0 Å². The summed E-state index contributed by atoms with van der Waals surface area (Å²) in [6.45, 7) is 6.37. The molecule has 0 bridgehead atoms. The van der Waals surface area contributed by atoms with Gasteiger partial charge in [0.2, 0.25) is 0 Å². The second-order valence-electron chi connectivity index (χ2n) is 4.66. The third-order valence-corrected chi connectivity index (χ3v) is 4.09. The van der Waals surface area contributed by atoms with Crippen LogP contribution in [0.25, 0.3) is 0 Å². The van der Waals surface area contributed by atoms with Crippen molar-refractivity contribution in [3.63, 3.8) is 0 Å². The van der Waals surface area contributed by atoms with Crippen molar-refractivity contribution in [3.05, 3.63) is 45.5 Å². The number of hydrogen-bond acceptors (Lipinski definition) is 4. The molecule has 1 heterocycles. The molecule has 0 radical (unpaired) electrons. The summed E-state index contributed by atoms with van der Waals surface area (Å²) in [6, 6.07) is 6.28. The minimum atomic E-state index is -0.106. The molecular weight excluding hydrogens is 242 g/mol. The summed E-state index contributed by atoms with van der Waals surface area (Å²) >= 11 is 1.42. The second-order valence-corrected chi connectivity index (χ2v) is 5.44. The molecule has 0 saturated heterocycles. The van der Waals surface area contributed by atoms with Gasteiger partial charge >= 0.3 is 0 Å². The number of aromatic nitrogens is 2. The van der Waals surface area contributed by atoms with Crippen LogP contribution in [-0.4, -0.2) is 9.59 Å². The van der Waals surface area contributed by atoms with Gasteiger partial charge in [0.25, 0.3) is 0 Å². The molecular formula is C14H19N3S. The molecule has 1 aromatic heterocycles. The molecule has 1 aromatic carbocycles. The van der Waals surface area contributed by atoms with Crippen LogP contribution < -0.4 is 5.73 Å². The van der Waals surface area contributed by atoms with Crippen LogP contribution in [0, 0.1) is 13.8 Å². The summed E-state index contributed by atoms with van der Waals surface area (Å²) in [5, 5.41) is 4.18. The lowest BCUT2D eigenvalue weighted by Crippen LogP contribution is -2.12. The molecule has 3 nitrogen and oxygen atoms in total. The molecule has 0 fully saturated rings. The zero-order chi connectivity index (χ0) is 13.1. The Kier molecular flexibility index (Phi) is 4.09. The van der Waals surface area contributed by atoms with E-state index in [1.165, 1.54) is 22.7 Å². The lowest BCUT2D eigenvalue weighted by molar-refractivity contribution is 0.813. The highest BCUT2D eigenvalue weighted by Gasteiger charge is 2.17. The molecule has 2 rings (SSSR count). The van der Waals surface area contributed by atoms with Gasteiger partial charge in [0, 0.05) is 0 Å². The number of rotatable bonds is 4. The van der Waals surface area contributed by atoms with E-state index in [0.717, 1.165) is 29.0 Å². The van der Waals surface area contributed by atoms with E-state index in [1.807, 2.05) is 0 Å². The maximum atomic E-state index is 6.34. The van der Waals surface area contributed by atoms with Gasteiger partial charge in [-0.25, -0.2) is 0 Å². The predicted molar refractivity (Wildman–Crippen MR) is 75.9 cm³/mol. The number of hydrogen-bond donors (Lipinski definition) is 1. The largest absolute Gasteiger partial charge is 0.320 e. The van der Waals surface area contributed by atoms with Crippen LogP contribution in [-0.2, 0) is 6.42 Å². The molecule has 0 aliphatic heterocycles. The standard InChI is InChI=1S/C14H19N3S/c1-4-5-12-14(18-17-16-12)13(15)11-7-6-9(2)10(3)8-11/h6-8,13H,4-5,15H2,1-3H3. The number of benzene rings is 1. The Bertz CT molecular complexity index is 534. The monoisotopic (exact) mass is 261 g/mol. The molecule has 0 aliphatic rings. The Hall–Kier alpha value is -1.26. The SMILES string of the molecule is CCCc1nnsc1C(N)c1ccc(C)c(C)c1.